The van der Waals surface area contributed by atoms with Crippen LogP contribution < -0.4 is 10.2 Å². The van der Waals surface area contributed by atoms with Crippen LogP contribution in [0.15, 0.2) is 50.1 Å². The molecule has 0 aliphatic heterocycles. The number of para-hydroxylation sites is 1. The van der Waals surface area contributed by atoms with Crippen molar-refractivity contribution in [2.45, 2.75) is 13.3 Å². The molecule has 0 amide bonds. The molecular formula is C21H18BrClO6. The Labute approximate surface area is 180 Å². The summed E-state index contributed by atoms with van der Waals surface area (Å²) < 4.78 is 17.5. The molecule has 6 nitrogen and oxygen atoms in total. The van der Waals surface area contributed by atoms with Gasteiger partial charge in [-0.1, -0.05) is 17.7 Å². The molecule has 0 saturated heterocycles. The number of carboxylic acids is 1. The number of ether oxygens (including phenoxy) is 2. The van der Waals surface area contributed by atoms with Crippen LogP contribution in [0.1, 0.15) is 12.0 Å². The number of hydrogen-bond acceptors (Lipinski definition) is 5. The van der Waals surface area contributed by atoms with Gasteiger partial charge in [-0.3, -0.25) is 4.79 Å². The zero-order valence-corrected chi connectivity index (χ0v) is 17.9. The quantitative estimate of drug-likeness (QED) is 0.453. The van der Waals surface area contributed by atoms with Crippen molar-refractivity contribution >= 4 is 44.5 Å². The molecule has 0 aliphatic rings. The molecule has 1 N–H and O–H groups in total. The fourth-order valence-electron chi connectivity index (χ4n) is 2.75. The molecule has 8 heteroatoms. The fourth-order valence-corrected chi connectivity index (χ4v) is 3.35. The highest BCUT2D eigenvalue weighted by molar-refractivity contribution is 9.10. The van der Waals surface area contributed by atoms with Gasteiger partial charge >= 0.3 is 5.97 Å². The van der Waals surface area contributed by atoms with Gasteiger partial charge in [-0.25, -0.2) is 4.79 Å². The zero-order valence-electron chi connectivity index (χ0n) is 15.5. The van der Waals surface area contributed by atoms with Gasteiger partial charge < -0.3 is 19.0 Å². The van der Waals surface area contributed by atoms with E-state index in [-0.39, 0.29) is 25.2 Å². The summed E-state index contributed by atoms with van der Waals surface area (Å²) in [6.45, 7) is 2.04. The van der Waals surface area contributed by atoms with Crippen LogP contribution in [0.5, 0.6) is 5.75 Å². The minimum atomic E-state index is -1.02. The average Bonchev–Trinajstić information content (AvgIpc) is 2.67. The number of carbonyl (C=O) groups is 1. The van der Waals surface area contributed by atoms with Gasteiger partial charge in [0, 0.05) is 17.5 Å². The number of halogens is 2. The maximum Gasteiger partial charge on any atom is 0.329 e. The molecule has 1 aromatic heterocycles. The van der Waals surface area contributed by atoms with Crippen molar-refractivity contribution in [1.82, 2.24) is 0 Å². The van der Waals surface area contributed by atoms with Gasteiger partial charge in [0.15, 0.2) is 11.0 Å². The van der Waals surface area contributed by atoms with E-state index in [9.17, 15) is 9.59 Å². The molecule has 152 valence electrons. The second-order valence-electron chi connectivity index (χ2n) is 6.34. The van der Waals surface area contributed by atoms with E-state index < -0.39 is 5.97 Å². The smallest absolute Gasteiger partial charge is 0.329 e. The lowest BCUT2D eigenvalue weighted by Crippen LogP contribution is -2.10. The summed E-state index contributed by atoms with van der Waals surface area (Å²) in [6.07, 6.45) is 0.492. The minimum absolute atomic E-state index is 0.164. The van der Waals surface area contributed by atoms with Gasteiger partial charge in [-0.2, -0.15) is 0 Å². The second kappa shape index (κ2) is 9.43. The lowest BCUT2D eigenvalue weighted by Gasteiger charge is -2.14. The van der Waals surface area contributed by atoms with E-state index in [0.29, 0.717) is 44.0 Å². The molecule has 0 saturated carbocycles. The third-order valence-electron chi connectivity index (χ3n) is 4.15. The number of carboxylic acid groups (broad SMARTS) is 1. The number of hydrogen-bond donors (Lipinski definition) is 1. The van der Waals surface area contributed by atoms with Crippen LogP contribution in [0.3, 0.4) is 0 Å². The normalized spacial score (nSPS) is 11.0. The Morgan fingerprint density at radius 1 is 1.24 bits per heavy atom. The van der Waals surface area contributed by atoms with Gasteiger partial charge in [0.05, 0.1) is 28.6 Å². The third-order valence-corrected chi connectivity index (χ3v) is 5.18. The molecule has 3 rings (SSSR count). The van der Waals surface area contributed by atoms with Gasteiger partial charge in [0.1, 0.15) is 18.1 Å². The summed E-state index contributed by atoms with van der Waals surface area (Å²) in [5, 5.41) is 9.58. The summed E-state index contributed by atoms with van der Waals surface area (Å²) in [5.74, 6) is -0.185. The molecule has 3 aromatic rings. The number of benzene rings is 2. The highest BCUT2D eigenvalue weighted by Gasteiger charge is 2.15. The number of aryl methyl sites for hydroxylation is 1. The van der Waals surface area contributed by atoms with Crippen LogP contribution in [-0.2, 0) is 9.53 Å². The summed E-state index contributed by atoms with van der Waals surface area (Å²) in [7, 11) is 0. The Bertz CT molecular complexity index is 1110. The first kappa shape index (κ1) is 21.4. The van der Waals surface area contributed by atoms with E-state index in [1.165, 1.54) is 6.07 Å². The van der Waals surface area contributed by atoms with E-state index in [0.717, 1.165) is 5.56 Å². The van der Waals surface area contributed by atoms with Crippen LogP contribution >= 0.6 is 27.5 Å². The molecule has 0 aliphatic carbocycles. The molecule has 0 fully saturated rings. The monoisotopic (exact) mass is 480 g/mol. The Hall–Kier alpha value is -2.35. The van der Waals surface area contributed by atoms with Crippen molar-refractivity contribution in [1.29, 1.82) is 0 Å². The molecule has 0 atom stereocenters. The first-order valence-corrected chi connectivity index (χ1v) is 9.99. The zero-order chi connectivity index (χ0) is 21.0. The standard InChI is InChI=1S/C21H18BrClO6/c1-12-8-14(18(9-16(12)23)28-7-3-6-27-11-20(25)26)19-10-17(24)13-4-2-5-15(22)21(13)29-19/h2,4-5,8-10H,3,6-7,11H2,1H3,(H,25,26). The molecule has 0 unspecified atom stereocenters. The summed E-state index contributed by atoms with van der Waals surface area (Å²) in [4.78, 5) is 23.0. The van der Waals surface area contributed by atoms with Gasteiger partial charge in [-0.05, 0) is 52.7 Å². The predicted octanol–water partition coefficient (Wildman–Crippen LogP) is 5.05. The molecule has 0 spiro atoms. The summed E-state index contributed by atoms with van der Waals surface area (Å²) >= 11 is 9.67. The number of aliphatic carboxylic acids is 1. The maximum atomic E-state index is 12.6. The number of rotatable bonds is 8. The van der Waals surface area contributed by atoms with E-state index in [2.05, 4.69) is 15.9 Å². The fraction of sp³-hybridized carbons (Fsp3) is 0.238. The van der Waals surface area contributed by atoms with Crippen molar-refractivity contribution in [3.05, 3.63) is 61.7 Å². The highest BCUT2D eigenvalue weighted by atomic mass is 79.9. The van der Waals surface area contributed by atoms with Crippen molar-refractivity contribution in [2.75, 3.05) is 19.8 Å². The lowest BCUT2D eigenvalue weighted by atomic mass is 10.1. The van der Waals surface area contributed by atoms with Crippen LogP contribution in [0, 0.1) is 6.92 Å². The Kier molecular flexibility index (Phi) is 6.95. The van der Waals surface area contributed by atoms with Crippen molar-refractivity contribution < 1.29 is 23.8 Å². The topological polar surface area (TPSA) is 86.0 Å². The SMILES string of the molecule is Cc1cc(-c2cc(=O)c3cccc(Br)c3o2)c(OCCCOCC(=O)O)cc1Cl. The first-order valence-electron chi connectivity index (χ1n) is 8.82. The number of fused-ring (bicyclic) bond motifs is 1. The first-order chi connectivity index (χ1) is 13.9. The Morgan fingerprint density at radius 3 is 2.79 bits per heavy atom. The van der Waals surface area contributed by atoms with E-state index >= 15 is 0 Å². The van der Waals surface area contributed by atoms with Crippen molar-refractivity contribution in [3.8, 4) is 17.1 Å². The molecule has 0 bridgehead atoms. The molecule has 2 aromatic carbocycles. The second-order valence-corrected chi connectivity index (χ2v) is 7.60. The Balaban J connectivity index is 1.90. The third kappa shape index (κ3) is 5.18. The van der Waals surface area contributed by atoms with E-state index in [1.807, 2.05) is 6.92 Å². The maximum absolute atomic E-state index is 12.6. The van der Waals surface area contributed by atoms with Crippen LogP contribution in [0.25, 0.3) is 22.3 Å². The summed E-state index contributed by atoms with van der Waals surface area (Å²) in [5.41, 5.74) is 1.71. The van der Waals surface area contributed by atoms with E-state index in [1.54, 1.807) is 30.3 Å². The minimum Gasteiger partial charge on any atom is -0.493 e. The largest absolute Gasteiger partial charge is 0.493 e. The van der Waals surface area contributed by atoms with E-state index in [4.69, 9.17) is 30.6 Å². The molecule has 0 radical (unpaired) electrons. The summed E-state index contributed by atoms with van der Waals surface area (Å²) in [6, 6.07) is 10.2. The molecular weight excluding hydrogens is 464 g/mol. The van der Waals surface area contributed by atoms with Crippen LogP contribution in [0.2, 0.25) is 5.02 Å². The average molecular weight is 482 g/mol. The van der Waals surface area contributed by atoms with Crippen molar-refractivity contribution in [2.24, 2.45) is 0 Å². The lowest BCUT2D eigenvalue weighted by molar-refractivity contribution is -0.142. The van der Waals surface area contributed by atoms with Crippen LogP contribution in [0.4, 0.5) is 0 Å². The van der Waals surface area contributed by atoms with Gasteiger partial charge in [0.2, 0.25) is 0 Å². The molecule has 29 heavy (non-hydrogen) atoms. The van der Waals surface area contributed by atoms with Crippen molar-refractivity contribution in [3.63, 3.8) is 0 Å². The predicted molar refractivity (Wildman–Crippen MR) is 114 cm³/mol. The van der Waals surface area contributed by atoms with Gasteiger partial charge in [0.25, 0.3) is 0 Å². The van der Waals surface area contributed by atoms with Crippen LogP contribution in [-0.4, -0.2) is 30.9 Å². The molecule has 1 heterocycles. The Morgan fingerprint density at radius 2 is 2.03 bits per heavy atom. The highest BCUT2D eigenvalue weighted by Crippen LogP contribution is 2.36. The van der Waals surface area contributed by atoms with Gasteiger partial charge in [-0.15, -0.1) is 0 Å².